The van der Waals surface area contributed by atoms with Crippen molar-refractivity contribution in [3.05, 3.63) is 47.3 Å². The average molecular weight is 358 g/mol. The van der Waals surface area contributed by atoms with Crippen molar-refractivity contribution < 1.29 is 14.3 Å². The molecule has 2 heterocycles. The summed E-state index contributed by atoms with van der Waals surface area (Å²) in [5.41, 5.74) is 2.38. The van der Waals surface area contributed by atoms with E-state index < -0.39 is 0 Å². The molecule has 3 aromatic rings. The highest BCUT2D eigenvalue weighted by molar-refractivity contribution is 7.99. The highest BCUT2D eigenvalue weighted by Gasteiger charge is 2.09. The third-order valence-electron chi connectivity index (χ3n) is 3.44. The van der Waals surface area contributed by atoms with Crippen molar-refractivity contribution >= 4 is 23.5 Å². The van der Waals surface area contributed by atoms with Crippen molar-refractivity contribution in [3.8, 4) is 5.75 Å². The van der Waals surface area contributed by atoms with Gasteiger partial charge in [0.15, 0.2) is 0 Å². The Kier molecular flexibility index (Phi) is 5.18. The first-order valence-corrected chi connectivity index (χ1v) is 8.70. The predicted molar refractivity (Wildman–Crippen MR) is 94.3 cm³/mol. The first kappa shape index (κ1) is 17.2. The van der Waals surface area contributed by atoms with E-state index in [1.807, 2.05) is 19.9 Å². The summed E-state index contributed by atoms with van der Waals surface area (Å²) in [6, 6.07) is 8.88. The Morgan fingerprint density at radius 1 is 1.24 bits per heavy atom. The summed E-state index contributed by atoms with van der Waals surface area (Å²) in [7, 11) is 1.35. The van der Waals surface area contributed by atoms with Crippen molar-refractivity contribution in [2.75, 3.05) is 19.5 Å². The molecule has 8 heteroatoms. The maximum Gasteiger partial charge on any atom is 0.337 e. The van der Waals surface area contributed by atoms with Crippen LogP contribution in [-0.2, 0) is 4.74 Å². The molecule has 2 aromatic heterocycles. The Morgan fingerprint density at radius 3 is 2.88 bits per heavy atom. The van der Waals surface area contributed by atoms with Crippen molar-refractivity contribution in [2.24, 2.45) is 0 Å². The van der Waals surface area contributed by atoms with Crippen LogP contribution in [0.2, 0.25) is 0 Å². The van der Waals surface area contributed by atoms with Gasteiger partial charge in [0, 0.05) is 17.1 Å². The summed E-state index contributed by atoms with van der Waals surface area (Å²) in [4.78, 5) is 20.3. The highest BCUT2D eigenvalue weighted by Crippen LogP contribution is 2.17. The standard InChI is InChI=1S/C17H18N4O3S/c1-11-9-12(2)21-16(18-11)19-17(20-21)25-8-7-24-14-6-4-5-13(10-14)15(22)23-3/h4-6,9-10H,7-8H2,1-3H3. The van der Waals surface area contributed by atoms with Crippen LogP contribution >= 0.6 is 11.8 Å². The Hall–Kier alpha value is -2.61. The van der Waals surface area contributed by atoms with E-state index in [1.165, 1.54) is 18.9 Å². The molecular weight excluding hydrogens is 340 g/mol. The number of carbonyl (C=O) groups is 1. The second kappa shape index (κ2) is 7.52. The second-order valence-corrected chi connectivity index (χ2v) is 6.42. The molecule has 0 aliphatic heterocycles. The summed E-state index contributed by atoms with van der Waals surface area (Å²) in [5, 5.41) is 5.10. The fourth-order valence-electron chi connectivity index (χ4n) is 2.33. The van der Waals surface area contributed by atoms with Crippen LogP contribution in [0.1, 0.15) is 21.7 Å². The normalized spacial score (nSPS) is 10.8. The average Bonchev–Trinajstić information content (AvgIpc) is 3.01. The first-order chi connectivity index (χ1) is 12.1. The number of esters is 1. The SMILES string of the molecule is COC(=O)c1cccc(OCCSc2nc3nc(C)cc(C)n3n2)c1. The number of carbonyl (C=O) groups excluding carboxylic acids is 1. The zero-order chi connectivity index (χ0) is 17.8. The van der Waals surface area contributed by atoms with Gasteiger partial charge in [0.2, 0.25) is 5.16 Å². The molecule has 0 bridgehead atoms. The lowest BCUT2D eigenvalue weighted by Gasteiger charge is -2.06. The molecule has 0 saturated heterocycles. The number of fused-ring (bicyclic) bond motifs is 1. The summed E-state index contributed by atoms with van der Waals surface area (Å²) >= 11 is 1.50. The number of hydrogen-bond donors (Lipinski definition) is 0. The molecule has 0 saturated carbocycles. The molecule has 0 aliphatic rings. The lowest BCUT2D eigenvalue weighted by atomic mass is 10.2. The van der Waals surface area contributed by atoms with Crippen LogP contribution in [0.25, 0.3) is 5.78 Å². The minimum Gasteiger partial charge on any atom is -0.493 e. The van der Waals surface area contributed by atoms with Gasteiger partial charge in [0.25, 0.3) is 5.78 Å². The number of hydrogen-bond acceptors (Lipinski definition) is 7. The van der Waals surface area contributed by atoms with Gasteiger partial charge in [0.1, 0.15) is 5.75 Å². The monoisotopic (exact) mass is 358 g/mol. The van der Waals surface area contributed by atoms with E-state index in [9.17, 15) is 4.79 Å². The smallest absolute Gasteiger partial charge is 0.337 e. The van der Waals surface area contributed by atoms with E-state index in [0.717, 1.165) is 11.4 Å². The van der Waals surface area contributed by atoms with Gasteiger partial charge in [-0.3, -0.25) is 0 Å². The Bertz CT molecular complexity index is 910. The van der Waals surface area contributed by atoms with Crippen molar-refractivity contribution in [1.82, 2.24) is 19.6 Å². The van der Waals surface area contributed by atoms with Crippen molar-refractivity contribution in [2.45, 2.75) is 19.0 Å². The van der Waals surface area contributed by atoms with Crippen molar-refractivity contribution in [3.63, 3.8) is 0 Å². The number of methoxy groups -OCH3 is 1. The van der Waals surface area contributed by atoms with Gasteiger partial charge in [-0.1, -0.05) is 17.8 Å². The zero-order valence-electron chi connectivity index (χ0n) is 14.2. The van der Waals surface area contributed by atoms with Crippen LogP contribution in [0.3, 0.4) is 0 Å². The number of thioether (sulfide) groups is 1. The third kappa shape index (κ3) is 4.08. The number of benzene rings is 1. The van der Waals surface area contributed by atoms with Gasteiger partial charge >= 0.3 is 5.97 Å². The summed E-state index contributed by atoms with van der Waals surface area (Å²) in [6.45, 7) is 4.38. The van der Waals surface area contributed by atoms with E-state index in [1.54, 1.807) is 28.8 Å². The maximum atomic E-state index is 11.5. The van der Waals surface area contributed by atoms with E-state index in [0.29, 0.717) is 34.6 Å². The molecule has 0 aliphatic carbocycles. The van der Waals surface area contributed by atoms with Crippen LogP contribution < -0.4 is 4.74 Å². The molecule has 130 valence electrons. The number of nitrogens with zero attached hydrogens (tertiary/aromatic N) is 4. The van der Waals surface area contributed by atoms with Gasteiger partial charge in [-0.05, 0) is 38.1 Å². The van der Waals surface area contributed by atoms with Crippen LogP contribution in [0.15, 0.2) is 35.5 Å². The Morgan fingerprint density at radius 2 is 2.08 bits per heavy atom. The first-order valence-electron chi connectivity index (χ1n) is 7.72. The minimum atomic E-state index is -0.383. The number of aryl methyl sites for hydroxylation is 2. The fourth-order valence-corrected chi connectivity index (χ4v) is 2.97. The zero-order valence-corrected chi connectivity index (χ0v) is 15.0. The summed E-state index contributed by atoms with van der Waals surface area (Å²) < 4.78 is 12.1. The van der Waals surface area contributed by atoms with Gasteiger partial charge in [-0.15, -0.1) is 5.10 Å². The van der Waals surface area contributed by atoms with E-state index in [-0.39, 0.29) is 5.97 Å². The largest absolute Gasteiger partial charge is 0.493 e. The van der Waals surface area contributed by atoms with E-state index in [2.05, 4.69) is 15.1 Å². The molecule has 0 atom stereocenters. The minimum absolute atomic E-state index is 0.383. The lowest BCUT2D eigenvalue weighted by Crippen LogP contribution is -2.04. The summed E-state index contributed by atoms with van der Waals surface area (Å²) in [6.07, 6.45) is 0. The van der Waals surface area contributed by atoms with Gasteiger partial charge < -0.3 is 9.47 Å². The molecule has 7 nitrogen and oxygen atoms in total. The van der Waals surface area contributed by atoms with Gasteiger partial charge in [-0.25, -0.2) is 14.3 Å². The molecule has 0 radical (unpaired) electrons. The summed E-state index contributed by atoms with van der Waals surface area (Å²) in [5.74, 6) is 1.52. The van der Waals surface area contributed by atoms with E-state index >= 15 is 0 Å². The van der Waals surface area contributed by atoms with Crippen LogP contribution in [0.4, 0.5) is 0 Å². The van der Waals surface area contributed by atoms with Crippen LogP contribution in [0, 0.1) is 13.8 Å². The molecule has 3 rings (SSSR count). The molecule has 0 spiro atoms. The fraction of sp³-hybridized carbons (Fsp3) is 0.294. The molecule has 0 N–H and O–H groups in total. The Balaban J connectivity index is 1.57. The van der Waals surface area contributed by atoms with Crippen LogP contribution in [0.5, 0.6) is 5.75 Å². The number of rotatable bonds is 6. The number of ether oxygens (including phenoxy) is 2. The van der Waals surface area contributed by atoms with E-state index in [4.69, 9.17) is 9.47 Å². The lowest BCUT2D eigenvalue weighted by molar-refractivity contribution is 0.0600. The molecule has 1 aromatic carbocycles. The number of aromatic nitrogens is 4. The molecule has 25 heavy (non-hydrogen) atoms. The van der Waals surface area contributed by atoms with Gasteiger partial charge in [0.05, 0.1) is 19.3 Å². The molecule has 0 amide bonds. The third-order valence-corrected chi connectivity index (χ3v) is 4.24. The predicted octanol–water partition coefficient (Wildman–Crippen LogP) is 2.70. The molecule has 0 fully saturated rings. The van der Waals surface area contributed by atoms with Crippen molar-refractivity contribution in [1.29, 1.82) is 0 Å². The molecular formula is C17H18N4O3S. The Labute approximate surface area is 149 Å². The van der Waals surface area contributed by atoms with Gasteiger partial charge in [-0.2, -0.15) is 4.98 Å². The topological polar surface area (TPSA) is 78.6 Å². The quantitative estimate of drug-likeness (QED) is 0.381. The maximum absolute atomic E-state index is 11.5. The molecule has 0 unspecified atom stereocenters. The van der Waals surface area contributed by atoms with Crippen LogP contribution in [-0.4, -0.2) is 45.0 Å². The second-order valence-electron chi connectivity index (χ2n) is 5.36. The highest BCUT2D eigenvalue weighted by atomic mass is 32.2.